The van der Waals surface area contributed by atoms with Gasteiger partial charge in [-0.05, 0) is 78.6 Å². The molecule has 0 amide bonds. The van der Waals surface area contributed by atoms with Crippen molar-refractivity contribution in [3.8, 4) is 0 Å². The van der Waals surface area contributed by atoms with Gasteiger partial charge in [-0.2, -0.15) is 0 Å². The standard InChI is InChI=1S/C6H18OSi2.C6H18Si2.2C3H10OSi.CH4O.I2.H2O.2H2/c1-8(2,3)7-9(4,5)6;1-7(2,3)8(4,5)6;2*1-5(2,3)4;2*1-2;;;/h1-6H3;1-6H3;2*4H,1-3H3;2H,1H3;;1H2;2*1H. The van der Waals surface area contributed by atoms with Crippen molar-refractivity contribution < 1.29 is 27.1 Å². The van der Waals surface area contributed by atoms with E-state index in [1.165, 1.54) is 0 Å². The van der Waals surface area contributed by atoms with Crippen molar-refractivity contribution in [2.24, 2.45) is 0 Å². The van der Waals surface area contributed by atoms with Crippen molar-refractivity contribution in [3.63, 3.8) is 0 Å². The summed E-state index contributed by atoms with van der Waals surface area (Å²) in [5.74, 6) is 0. The van der Waals surface area contributed by atoms with Gasteiger partial charge in [0.1, 0.15) is 0 Å². The van der Waals surface area contributed by atoms with Gasteiger partial charge in [0.25, 0.3) is 0 Å². The molecule has 0 saturated carbocycles. The Balaban J connectivity index is -0.0000000331. The van der Waals surface area contributed by atoms with Crippen molar-refractivity contribution in [2.75, 3.05) is 7.11 Å². The van der Waals surface area contributed by atoms with Gasteiger partial charge in [0.2, 0.25) is 0 Å². The minimum atomic E-state index is -1.61. The summed E-state index contributed by atoms with van der Waals surface area (Å²) in [6, 6.07) is 0. The zero-order valence-corrected chi connectivity index (χ0v) is 35.3. The maximum absolute atomic E-state index is 8.66. The number of rotatable bonds is 3. The van der Waals surface area contributed by atoms with Crippen molar-refractivity contribution in [1.29, 1.82) is 0 Å². The van der Waals surface area contributed by atoms with Crippen molar-refractivity contribution >= 4 is 85.7 Å². The molecule has 5 nitrogen and oxygen atoms in total. The second-order valence-corrected chi connectivity index (χ2v) is 49.1. The quantitative estimate of drug-likeness (QED) is 0.199. The summed E-state index contributed by atoms with van der Waals surface area (Å²) >= 11 is 4.24. The fraction of sp³-hybridized carbons (Fsp3) is 1.00. The average molecular weight is 797 g/mol. The molecule has 0 aromatic heterocycles. The Hall–Kier alpha value is 2.56. The third-order valence-corrected chi connectivity index (χ3v) is 25.8. The molecule has 0 aliphatic rings. The van der Waals surface area contributed by atoms with Crippen LogP contribution in [0.4, 0.5) is 0 Å². The van der Waals surface area contributed by atoms with E-state index in [1.807, 2.05) is 39.3 Å². The first-order valence-electron chi connectivity index (χ1n) is 10.7. The van der Waals surface area contributed by atoms with E-state index in [0.29, 0.717) is 0 Å². The summed E-state index contributed by atoms with van der Waals surface area (Å²) in [5, 5.41) is 7.00. The summed E-state index contributed by atoms with van der Waals surface area (Å²) in [6.45, 7) is 39.6. The van der Waals surface area contributed by atoms with E-state index in [2.05, 4.69) is 116 Å². The predicted octanol–water partition coefficient (Wildman–Crippen LogP) is 8.09. The number of hydrogen-bond acceptors (Lipinski definition) is 4. The van der Waals surface area contributed by atoms with E-state index in [9.17, 15) is 0 Å². The lowest BCUT2D eigenvalue weighted by molar-refractivity contribution is 0.399. The molecule has 0 aliphatic heterocycles. The summed E-state index contributed by atoms with van der Waals surface area (Å²) in [7, 11) is -6.12. The van der Waals surface area contributed by atoms with Gasteiger partial charge in [0.15, 0.2) is 33.3 Å². The Labute approximate surface area is 235 Å². The zero-order chi connectivity index (χ0) is 27.7. The molecular weight excluding hydrogens is 731 g/mol. The lowest BCUT2D eigenvalue weighted by atomic mass is 11.8. The van der Waals surface area contributed by atoms with E-state index in [0.717, 1.165) is 7.11 Å². The first kappa shape index (κ1) is 51.2. The molecule has 210 valence electrons. The van der Waals surface area contributed by atoms with Crippen LogP contribution in [0, 0.1) is 0 Å². The van der Waals surface area contributed by atoms with Crippen molar-refractivity contribution in [2.45, 2.75) is 118 Å². The van der Waals surface area contributed by atoms with Crippen molar-refractivity contribution in [1.82, 2.24) is 0 Å². The van der Waals surface area contributed by atoms with Gasteiger partial charge in [-0.3, -0.25) is 0 Å². The highest BCUT2D eigenvalue weighted by atomic mass is 128. The maximum Gasteiger partial charge on any atom is 0.179 e. The van der Waals surface area contributed by atoms with Gasteiger partial charge >= 0.3 is 0 Å². The normalized spacial score (nSPS) is 11.6. The van der Waals surface area contributed by atoms with Crippen LogP contribution in [0.1, 0.15) is 2.85 Å². The number of halogens is 2. The SMILES string of the molecule is CO.C[Si](C)(C)O.C[Si](C)(C)O.C[Si](C)(C)O[Si](C)(C)C.C[Si](C)(C)[Si](C)(C)C.II.O.[HH].[HH]. The molecule has 0 bridgehead atoms. The van der Waals surface area contributed by atoms with Crippen LogP contribution in [-0.4, -0.2) is 75.7 Å². The summed E-state index contributed by atoms with van der Waals surface area (Å²) in [5.41, 5.74) is 0. The fourth-order valence-electron chi connectivity index (χ4n) is 0.919. The third kappa shape index (κ3) is 105. The molecule has 0 unspecified atom stereocenters. The Morgan fingerprint density at radius 1 is 0.469 bits per heavy atom. The van der Waals surface area contributed by atoms with E-state index in [-0.39, 0.29) is 8.33 Å². The molecule has 0 spiro atoms. The van der Waals surface area contributed by atoms with E-state index < -0.39 is 48.5 Å². The summed E-state index contributed by atoms with van der Waals surface area (Å²) in [4.78, 5) is 17.3. The monoisotopic (exact) mass is 796 g/mol. The van der Waals surface area contributed by atoms with Gasteiger partial charge < -0.3 is 24.3 Å². The van der Waals surface area contributed by atoms with E-state index in [1.54, 1.807) is 0 Å². The fourth-order valence-corrected chi connectivity index (χ4v) is 8.27. The maximum atomic E-state index is 8.66. The summed E-state index contributed by atoms with van der Waals surface area (Å²) < 4.78 is 5.90. The zero-order valence-electron chi connectivity index (χ0n) is 25.0. The van der Waals surface area contributed by atoms with Crippen LogP contribution in [0.25, 0.3) is 0 Å². The lowest BCUT2D eigenvalue weighted by Crippen LogP contribution is -2.49. The third-order valence-electron chi connectivity index (χ3n) is 2.86. The molecule has 0 heterocycles. The van der Waals surface area contributed by atoms with Crippen LogP contribution >= 0.6 is 37.2 Å². The molecule has 0 atom stereocenters. The minimum absolute atomic E-state index is 0. The van der Waals surface area contributed by atoms with Gasteiger partial charge in [0.05, 0.1) is 0 Å². The molecule has 0 saturated heterocycles. The van der Waals surface area contributed by atoms with Crippen LogP contribution in [-0.2, 0) is 4.12 Å². The summed E-state index contributed by atoms with van der Waals surface area (Å²) in [6.07, 6.45) is 0. The second kappa shape index (κ2) is 22.7. The highest BCUT2D eigenvalue weighted by molar-refractivity contribution is 15.0. The van der Waals surface area contributed by atoms with E-state index in [4.69, 9.17) is 18.8 Å². The number of aliphatic hydroxyl groups excluding tert-OH is 1. The minimum Gasteiger partial charge on any atom is -0.456 e. The molecule has 0 fully saturated rings. The first-order chi connectivity index (χ1) is 13.0. The molecule has 32 heavy (non-hydrogen) atoms. The van der Waals surface area contributed by atoms with Crippen LogP contribution in [0.15, 0.2) is 0 Å². The molecule has 0 radical (unpaired) electrons. The molecule has 13 heteroatoms. The largest absolute Gasteiger partial charge is 0.456 e. The van der Waals surface area contributed by atoms with Gasteiger partial charge in [-0.15, -0.1) is 0 Å². The Morgan fingerprint density at radius 2 is 0.562 bits per heavy atom. The smallest absolute Gasteiger partial charge is 0.179 e. The second-order valence-electron chi connectivity index (χ2n) is 13.2. The molecule has 0 rings (SSSR count). The van der Waals surface area contributed by atoms with Gasteiger partial charge in [0, 0.05) is 62.4 Å². The van der Waals surface area contributed by atoms with Gasteiger partial charge in [-0.1, -0.05) is 39.3 Å². The predicted molar refractivity (Wildman–Crippen MR) is 190 cm³/mol. The molecule has 0 aliphatic carbocycles. The molecule has 0 aromatic carbocycles. The van der Waals surface area contributed by atoms with E-state index >= 15 is 0 Å². The first-order valence-corrected chi connectivity index (χ1v) is 38.7. The number of hydrogen-bond donors (Lipinski definition) is 3. The topological polar surface area (TPSA) is 101 Å². The average Bonchev–Trinajstić information content (AvgIpc) is 2.33. The van der Waals surface area contributed by atoms with Crippen LogP contribution in [0.5, 0.6) is 0 Å². The van der Waals surface area contributed by atoms with Crippen LogP contribution in [0.3, 0.4) is 0 Å². The molecule has 0 aromatic rings. The number of aliphatic hydroxyl groups is 1. The highest BCUT2D eigenvalue weighted by Gasteiger charge is 2.31. The highest BCUT2D eigenvalue weighted by Crippen LogP contribution is 2.17. The van der Waals surface area contributed by atoms with Crippen molar-refractivity contribution in [3.05, 3.63) is 0 Å². The lowest BCUT2D eigenvalue weighted by Gasteiger charge is -2.30. The Morgan fingerprint density at radius 3 is 0.562 bits per heavy atom. The Kier molecular flexibility index (Phi) is 36.4. The Bertz CT molecular complexity index is 342. The van der Waals surface area contributed by atoms with Gasteiger partial charge in [-0.25, -0.2) is 0 Å². The molecule has 5 N–H and O–H groups in total. The molecular formula is C19H66I2O5Si6. The van der Waals surface area contributed by atoms with Crippen LogP contribution in [0.2, 0.25) is 118 Å². The van der Waals surface area contributed by atoms with Crippen LogP contribution < -0.4 is 0 Å².